The highest BCUT2D eigenvalue weighted by Gasteiger charge is 2.18. The quantitative estimate of drug-likeness (QED) is 0.633. The second-order valence-electron chi connectivity index (χ2n) is 5.80. The maximum Gasteiger partial charge on any atom is 0.142 e. The number of hydrogen-bond acceptors (Lipinski definition) is 4. The maximum atomic E-state index is 9.62. The van der Waals surface area contributed by atoms with E-state index in [2.05, 4.69) is 27.0 Å². The second kappa shape index (κ2) is 7.59. The van der Waals surface area contributed by atoms with Crippen molar-refractivity contribution in [2.75, 3.05) is 12.3 Å². The van der Waals surface area contributed by atoms with Crippen molar-refractivity contribution in [1.29, 1.82) is 5.26 Å². The average Bonchev–Trinajstić information content (AvgIpc) is 2.65. The molecule has 0 atom stereocenters. The highest BCUT2D eigenvalue weighted by molar-refractivity contribution is 9.10. The Morgan fingerprint density at radius 1 is 1.08 bits per heavy atom. The number of hydrogen-bond donors (Lipinski definition) is 1. The normalized spacial score (nSPS) is 10.4. The molecule has 0 saturated carbocycles. The minimum atomic E-state index is 0.236. The molecular weight excluding hydrogens is 390 g/mol. The van der Waals surface area contributed by atoms with Crippen LogP contribution in [0.1, 0.15) is 18.1 Å². The minimum absolute atomic E-state index is 0.236. The predicted octanol–water partition coefficient (Wildman–Crippen LogP) is 5.34. The fourth-order valence-corrected chi connectivity index (χ4v) is 3.21. The first-order valence-corrected chi connectivity index (χ1v) is 9.03. The average molecular weight is 408 g/mol. The second-order valence-corrected chi connectivity index (χ2v) is 6.71. The van der Waals surface area contributed by atoms with E-state index in [1.807, 2.05) is 62.4 Å². The molecule has 0 bridgehead atoms. The van der Waals surface area contributed by atoms with Gasteiger partial charge in [0.15, 0.2) is 0 Å². The zero-order valence-corrected chi connectivity index (χ0v) is 16.2. The summed E-state index contributed by atoms with van der Waals surface area (Å²) in [7, 11) is 0. The largest absolute Gasteiger partial charge is 0.494 e. The number of ether oxygens (including phenoxy) is 1. The molecule has 0 unspecified atom stereocenters. The van der Waals surface area contributed by atoms with E-state index in [1.54, 1.807) is 0 Å². The van der Waals surface area contributed by atoms with Crippen LogP contribution in [0, 0.1) is 18.3 Å². The van der Waals surface area contributed by atoms with E-state index in [-0.39, 0.29) is 5.82 Å². The standard InChI is InChI=1S/C21H18BrN3O/c1-3-26-17-10-6-14(7-11-17)19-13(2)20(25-21(24)18(19)12-23)15-4-8-16(22)9-5-15/h4-11H,3H2,1-2H3,(H2,24,25). The molecular formula is C21H18BrN3O. The van der Waals surface area contributed by atoms with Crippen molar-refractivity contribution in [3.63, 3.8) is 0 Å². The van der Waals surface area contributed by atoms with Gasteiger partial charge in [0.1, 0.15) is 23.2 Å². The predicted molar refractivity (Wildman–Crippen MR) is 108 cm³/mol. The third-order valence-electron chi connectivity index (χ3n) is 4.15. The smallest absolute Gasteiger partial charge is 0.142 e. The zero-order valence-electron chi connectivity index (χ0n) is 14.6. The number of anilines is 1. The van der Waals surface area contributed by atoms with Crippen LogP contribution in [0.3, 0.4) is 0 Å². The molecule has 1 heterocycles. The molecule has 0 radical (unpaired) electrons. The topological polar surface area (TPSA) is 71.9 Å². The van der Waals surface area contributed by atoms with Crippen LogP contribution >= 0.6 is 15.9 Å². The summed E-state index contributed by atoms with van der Waals surface area (Å²) in [6.45, 7) is 4.52. The van der Waals surface area contributed by atoms with E-state index in [0.29, 0.717) is 12.2 Å². The van der Waals surface area contributed by atoms with Gasteiger partial charge in [0.05, 0.1) is 12.3 Å². The molecule has 26 heavy (non-hydrogen) atoms. The third kappa shape index (κ3) is 3.42. The van der Waals surface area contributed by atoms with Gasteiger partial charge in [-0.15, -0.1) is 0 Å². The van der Waals surface area contributed by atoms with E-state index >= 15 is 0 Å². The molecule has 2 N–H and O–H groups in total. The Labute approximate surface area is 161 Å². The van der Waals surface area contributed by atoms with Crippen LogP contribution in [0.15, 0.2) is 53.0 Å². The number of benzene rings is 2. The molecule has 4 nitrogen and oxygen atoms in total. The van der Waals surface area contributed by atoms with Crippen molar-refractivity contribution >= 4 is 21.7 Å². The lowest BCUT2D eigenvalue weighted by Gasteiger charge is -2.15. The molecule has 0 fully saturated rings. The van der Waals surface area contributed by atoms with E-state index in [4.69, 9.17) is 10.5 Å². The summed E-state index contributed by atoms with van der Waals surface area (Å²) in [5, 5.41) is 9.62. The summed E-state index contributed by atoms with van der Waals surface area (Å²) < 4.78 is 6.50. The van der Waals surface area contributed by atoms with Crippen molar-refractivity contribution in [3.8, 4) is 34.2 Å². The number of rotatable bonds is 4. The van der Waals surface area contributed by atoms with Gasteiger partial charge in [-0.1, -0.05) is 40.2 Å². The van der Waals surface area contributed by atoms with Crippen molar-refractivity contribution in [3.05, 3.63) is 64.1 Å². The van der Waals surface area contributed by atoms with Gasteiger partial charge in [-0.25, -0.2) is 4.98 Å². The van der Waals surface area contributed by atoms with E-state index in [9.17, 15) is 5.26 Å². The lowest BCUT2D eigenvalue weighted by Crippen LogP contribution is -2.03. The Bertz CT molecular complexity index is 974. The molecule has 3 rings (SSSR count). The number of nitrogens with zero attached hydrogens (tertiary/aromatic N) is 2. The molecule has 130 valence electrons. The van der Waals surface area contributed by atoms with Gasteiger partial charge in [0.25, 0.3) is 0 Å². The Hall–Kier alpha value is -2.84. The van der Waals surface area contributed by atoms with Crippen LogP contribution in [0.2, 0.25) is 0 Å². The Morgan fingerprint density at radius 2 is 1.69 bits per heavy atom. The number of aromatic nitrogens is 1. The Morgan fingerprint density at radius 3 is 2.27 bits per heavy atom. The minimum Gasteiger partial charge on any atom is -0.494 e. The van der Waals surface area contributed by atoms with Crippen molar-refractivity contribution in [2.45, 2.75) is 13.8 Å². The number of nitrogen functional groups attached to an aromatic ring is 1. The van der Waals surface area contributed by atoms with E-state index < -0.39 is 0 Å². The van der Waals surface area contributed by atoms with E-state index in [0.717, 1.165) is 38.2 Å². The Balaban J connectivity index is 2.20. The van der Waals surface area contributed by atoms with Crippen molar-refractivity contribution in [1.82, 2.24) is 4.98 Å². The van der Waals surface area contributed by atoms with Crippen molar-refractivity contribution in [2.24, 2.45) is 0 Å². The number of nitrogens with two attached hydrogens (primary N) is 1. The summed E-state index contributed by atoms with van der Waals surface area (Å²) >= 11 is 3.44. The Kier molecular flexibility index (Phi) is 5.24. The molecule has 5 heteroatoms. The van der Waals surface area contributed by atoms with Crippen LogP contribution < -0.4 is 10.5 Å². The lowest BCUT2D eigenvalue weighted by molar-refractivity contribution is 0.340. The summed E-state index contributed by atoms with van der Waals surface area (Å²) in [6, 6.07) is 17.8. The van der Waals surface area contributed by atoms with Crippen LogP contribution in [0.25, 0.3) is 22.4 Å². The molecule has 2 aromatic carbocycles. The van der Waals surface area contributed by atoms with Gasteiger partial charge >= 0.3 is 0 Å². The van der Waals surface area contributed by atoms with Gasteiger partial charge in [-0.3, -0.25) is 0 Å². The van der Waals surface area contributed by atoms with Gasteiger partial charge in [0, 0.05) is 15.6 Å². The van der Waals surface area contributed by atoms with Gasteiger partial charge in [-0.05, 0) is 49.2 Å². The first kappa shape index (κ1) is 18.0. The monoisotopic (exact) mass is 407 g/mol. The third-order valence-corrected chi connectivity index (χ3v) is 4.68. The molecule has 0 saturated heterocycles. The summed E-state index contributed by atoms with van der Waals surface area (Å²) in [4.78, 5) is 4.49. The molecule has 1 aromatic heterocycles. The molecule has 0 aliphatic heterocycles. The van der Waals surface area contributed by atoms with Crippen molar-refractivity contribution < 1.29 is 4.74 Å². The maximum absolute atomic E-state index is 9.62. The summed E-state index contributed by atoms with van der Waals surface area (Å²) in [5.41, 5.74) is 10.9. The molecule has 0 spiro atoms. The van der Waals surface area contributed by atoms with Crippen LogP contribution in [-0.4, -0.2) is 11.6 Å². The summed E-state index contributed by atoms with van der Waals surface area (Å²) in [5.74, 6) is 1.03. The van der Waals surface area contributed by atoms with Crippen LogP contribution in [-0.2, 0) is 0 Å². The molecule has 0 aliphatic carbocycles. The molecule has 3 aromatic rings. The SMILES string of the molecule is CCOc1ccc(-c2c(C)c(-c3ccc(Br)cc3)nc(N)c2C#N)cc1. The lowest BCUT2D eigenvalue weighted by atomic mass is 9.93. The van der Waals surface area contributed by atoms with Gasteiger partial charge in [-0.2, -0.15) is 5.26 Å². The highest BCUT2D eigenvalue weighted by Crippen LogP contribution is 2.36. The fraction of sp³-hybridized carbons (Fsp3) is 0.143. The van der Waals surface area contributed by atoms with E-state index in [1.165, 1.54) is 0 Å². The van der Waals surface area contributed by atoms with Crippen LogP contribution in [0.4, 0.5) is 5.82 Å². The molecule has 0 amide bonds. The first-order valence-electron chi connectivity index (χ1n) is 8.24. The van der Waals surface area contributed by atoms with Gasteiger partial charge < -0.3 is 10.5 Å². The van der Waals surface area contributed by atoms with Crippen LogP contribution in [0.5, 0.6) is 5.75 Å². The first-order chi connectivity index (χ1) is 12.5. The fourth-order valence-electron chi connectivity index (χ4n) is 2.94. The summed E-state index contributed by atoms with van der Waals surface area (Å²) in [6.07, 6.45) is 0. The highest BCUT2D eigenvalue weighted by atomic mass is 79.9. The number of pyridine rings is 1. The number of halogens is 1. The number of nitriles is 1. The molecule has 0 aliphatic rings. The van der Waals surface area contributed by atoms with Gasteiger partial charge in [0.2, 0.25) is 0 Å². The zero-order chi connectivity index (χ0) is 18.7.